The molecule has 1 amide bonds. The van der Waals surface area contributed by atoms with Crippen LogP contribution in [0.15, 0.2) is 0 Å². The maximum atomic E-state index is 11.5. The van der Waals surface area contributed by atoms with Crippen molar-refractivity contribution in [1.29, 1.82) is 0 Å². The number of nitrogens with one attached hydrogen (secondary N) is 1. The van der Waals surface area contributed by atoms with Gasteiger partial charge in [0.15, 0.2) is 0 Å². The zero-order valence-corrected chi connectivity index (χ0v) is 12.5. The molecule has 0 aromatic heterocycles. The van der Waals surface area contributed by atoms with Gasteiger partial charge in [-0.05, 0) is 19.8 Å². The van der Waals surface area contributed by atoms with E-state index in [1.807, 2.05) is 20.8 Å². The van der Waals surface area contributed by atoms with E-state index in [-0.39, 0.29) is 25.2 Å². The highest BCUT2D eigenvalue weighted by Gasteiger charge is 2.54. The van der Waals surface area contributed by atoms with Gasteiger partial charge in [0.25, 0.3) is 0 Å². The summed E-state index contributed by atoms with van der Waals surface area (Å²) in [4.78, 5) is 11.5. The fourth-order valence-corrected chi connectivity index (χ4v) is 2.75. The minimum atomic E-state index is -0.993. The predicted molar refractivity (Wildman–Crippen MR) is 72.9 cm³/mol. The minimum absolute atomic E-state index is 0.0356. The van der Waals surface area contributed by atoms with Crippen molar-refractivity contribution in [2.24, 2.45) is 0 Å². The van der Waals surface area contributed by atoms with Crippen LogP contribution in [0, 0.1) is 0 Å². The third-order valence-corrected chi connectivity index (χ3v) is 4.03. The maximum absolute atomic E-state index is 11.5. The quantitative estimate of drug-likeness (QED) is 0.764. The molecule has 0 aromatic rings. The third-order valence-electron chi connectivity index (χ3n) is 4.03. The van der Waals surface area contributed by atoms with Crippen molar-refractivity contribution in [1.82, 2.24) is 5.32 Å². The number of ether oxygens (including phenoxy) is 2. The molecule has 0 aliphatic carbocycles. The van der Waals surface area contributed by atoms with Crippen LogP contribution >= 0.6 is 0 Å². The van der Waals surface area contributed by atoms with Crippen molar-refractivity contribution in [3.05, 3.63) is 0 Å². The van der Waals surface area contributed by atoms with Crippen LogP contribution in [0.3, 0.4) is 0 Å². The van der Waals surface area contributed by atoms with E-state index in [9.17, 15) is 9.90 Å². The fourth-order valence-electron chi connectivity index (χ4n) is 2.75. The number of rotatable bonds is 6. The largest absolute Gasteiger partial charge is 0.387 e. The van der Waals surface area contributed by atoms with Crippen LogP contribution in [-0.4, -0.2) is 48.1 Å². The van der Waals surface area contributed by atoms with Gasteiger partial charge in [0.2, 0.25) is 5.91 Å². The summed E-state index contributed by atoms with van der Waals surface area (Å²) in [6, 6.07) is 0. The Labute approximate surface area is 115 Å². The zero-order valence-electron chi connectivity index (χ0n) is 12.5. The first-order valence-corrected chi connectivity index (χ1v) is 7.13. The Kier molecular flexibility index (Phi) is 5.77. The lowest BCUT2D eigenvalue weighted by atomic mass is 9.72. The van der Waals surface area contributed by atoms with Gasteiger partial charge in [0, 0.05) is 20.0 Å². The van der Waals surface area contributed by atoms with Gasteiger partial charge in [-0.15, -0.1) is 0 Å². The van der Waals surface area contributed by atoms with Crippen molar-refractivity contribution in [2.75, 3.05) is 19.8 Å². The second-order valence-corrected chi connectivity index (χ2v) is 5.33. The second kappa shape index (κ2) is 6.68. The van der Waals surface area contributed by atoms with Crippen LogP contribution in [0.1, 0.15) is 47.0 Å². The summed E-state index contributed by atoms with van der Waals surface area (Å²) in [5.41, 5.74) is -1.85. The molecule has 5 nitrogen and oxygen atoms in total. The topological polar surface area (TPSA) is 67.8 Å². The summed E-state index contributed by atoms with van der Waals surface area (Å²) >= 11 is 0. The summed E-state index contributed by atoms with van der Waals surface area (Å²) in [6.45, 7) is 8.41. The summed E-state index contributed by atoms with van der Waals surface area (Å²) in [5.74, 6) is -0.176. The van der Waals surface area contributed by atoms with Gasteiger partial charge >= 0.3 is 0 Å². The molecule has 0 radical (unpaired) electrons. The molecule has 3 unspecified atom stereocenters. The van der Waals surface area contributed by atoms with E-state index in [4.69, 9.17) is 9.47 Å². The second-order valence-electron chi connectivity index (χ2n) is 5.33. The minimum Gasteiger partial charge on any atom is -0.387 e. The maximum Gasteiger partial charge on any atom is 0.217 e. The van der Waals surface area contributed by atoms with Crippen LogP contribution in [0.25, 0.3) is 0 Å². The number of aliphatic hydroxyl groups is 1. The Morgan fingerprint density at radius 2 is 2.16 bits per heavy atom. The molecule has 1 rings (SSSR count). The first-order chi connectivity index (χ1) is 8.93. The number of amides is 1. The Morgan fingerprint density at radius 3 is 2.63 bits per heavy atom. The van der Waals surface area contributed by atoms with Gasteiger partial charge in [-0.3, -0.25) is 4.79 Å². The zero-order chi connectivity index (χ0) is 14.5. The molecule has 1 aliphatic heterocycles. The molecule has 0 aromatic carbocycles. The standard InChI is InChI=1S/C14H27NO4/c1-5-12-8-14(17,6-2)13(10-19-12,9-18-7-3)15-11(4)16/h12,17H,5-10H2,1-4H3,(H,15,16). The molecule has 5 heteroatoms. The molecule has 1 saturated heterocycles. The Hall–Kier alpha value is -0.650. The monoisotopic (exact) mass is 273 g/mol. The van der Waals surface area contributed by atoms with E-state index in [1.165, 1.54) is 6.92 Å². The van der Waals surface area contributed by atoms with Gasteiger partial charge < -0.3 is 19.9 Å². The molecule has 0 bridgehead atoms. The smallest absolute Gasteiger partial charge is 0.217 e. The van der Waals surface area contributed by atoms with Crippen molar-refractivity contribution >= 4 is 5.91 Å². The molecule has 2 N–H and O–H groups in total. The van der Waals surface area contributed by atoms with E-state index >= 15 is 0 Å². The summed E-state index contributed by atoms with van der Waals surface area (Å²) < 4.78 is 11.3. The Bertz CT molecular complexity index is 310. The van der Waals surface area contributed by atoms with E-state index in [0.717, 1.165) is 6.42 Å². The first kappa shape index (κ1) is 16.4. The normalized spacial score (nSPS) is 35.1. The lowest BCUT2D eigenvalue weighted by molar-refractivity contribution is -0.191. The SMILES string of the molecule is CCOCC1(NC(C)=O)COC(CC)CC1(O)CC. The van der Waals surface area contributed by atoms with Crippen molar-refractivity contribution in [3.63, 3.8) is 0 Å². The van der Waals surface area contributed by atoms with Crippen LogP contribution in [0.5, 0.6) is 0 Å². The molecular weight excluding hydrogens is 246 g/mol. The van der Waals surface area contributed by atoms with Gasteiger partial charge in [-0.25, -0.2) is 0 Å². The third kappa shape index (κ3) is 3.46. The molecular formula is C14H27NO4. The summed E-state index contributed by atoms with van der Waals surface area (Å²) in [7, 11) is 0. The van der Waals surface area contributed by atoms with E-state index in [1.54, 1.807) is 0 Å². The fraction of sp³-hybridized carbons (Fsp3) is 0.929. The molecule has 1 heterocycles. The molecule has 112 valence electrons. The summed E-state index contributed by atoms with van der Waals surface area (Å²) in [5, 5.41) is 13.9. The van der Waals surface area contributed by atoms with Crippen molar-refractivity contribution in [2.45, 2.75) is 64.2 Å². The Morgan fingerprint density at radius 1 is 1.47 bits per heavy atom. The molecule has 19 heavy (non-hydrogen) atoms. The van der Waals surface area contributed by atoms with E-state index in [2.05, 4.69) is 5.32 Å². The first-order valence-electron chi connectivity index (χ1n) is 7.13. The van der Waals surface area contributed by atoms with Gasteiger partial charge in [-0.2, -0.15) is 0 Å². The van der Waals surface area contributed by atoms with Crippen LogP contribution < -0.4 is 5.32 Å². The molecule has 0 saturated carbocycles. The highest BCUT2D eigenvalue weighted by Crippen LogP contribution is 2.37. The average Bonchev–Trinajstić information content (AvgIpc) is 2.38. The van der Waals surface area contributed by atoms with Crippen LogP contribution in [-0.2, 0) is 14.3 Å². The highest BCUT2D eigenvalue weighted by atomic mass is 16.5. The van der Waals surface area contributed by atoms with Crippen molar-refractivity contribution < 1.29 is 19.4 Å². The van der Waals surface area contributed by atoms with Crippen molar-refractivity contribution in [3.8, 4) is 0 Å². The highest BCUT2D eigenvalue weighted by molar-refractivity contribution is 5.74. The number of carbonyl (C=O) groups excluding carboxylic acids is 1. The molecule has 1 fully saturated rings. The van der Waals surface area contributed by atoms with Crippen LogP contribution in [0.4, 0.5) is 0 Å². The van der Waals surface area contributed by atoms with E-state index < -0.39 is 11.1 Å². The lowest BCUT2D eigenvalue weighted by Crippen LogP contribution is -2.72. The number of hydrogen-bond donors (Lipinski definition) is 2. The summed E-state index contributed by atoms with van der Waals surface area (Å²) in [6.07, 6.45) is 1.97. The molecule has 1 aliphatic rings. The molecule has 0 spiro atoms. The lowest BCUT2D eigenvalue weighted by Gasteiger charge is -2.52. The number of hydrogen-bond acceptors (Lipinski definition) is 4. The Balaban J connectivity index is 3.00. The average molecular weight is 273 g/mol. The van der Waals surface area contributed by atoms with Gasteiger partial charge in [0.1, 0.15) is 5.54 Å². The van der Waals surface area contributed by atoms with Gasteiger partial charge in [0.05, 0.1) is 24.9 Å². The van der Waals surface area contributed by atoms with E-state index in [0.29, 0.717) is 19.4 Å². The van der Waals surface area contributed by atoms with Crippen LogP contribution in [0.2, 0.25) is 0 Å². The molecule has 3 atom stereocenters. The van der Waals surface area contributed by atoms with Gasteiger partial charge in [-0.1, -0.05) is 13.8 Å². The number of carbonyl (C=O) groups is 1. The predicted octanol–water partition coefficient (Wildman–Crippen LogP) is 1.24.